The molecule has 232 valence electrons. The van der Waals surface area contributed by atoms with Crippen molar-refractivity contribution < 1.29 is 27.6 Å². The second-order valence-electron chi connectivity index (χ2n) is 14.0. The normalized spacial score (nSPS) is 21.2. The van der Waals surface area contributed by atoms with Crippen molar-refractivity contribution in [2.24, 2.45) is 10.8 Å². The summed E-state index contributed by atoms with van der Waals surface area (Å²) in [5, 5.41) is 12.1. The molecule has 0 bridgehead atoms. The molecule has 2 aliphatic carbocycles. The predicted molar refractivity (Wildman–Crippen MR) is 174 cm³/mol. The topological polar surface area (TPSA) is 101 Å². The number of fused-ring (bicyclic) bond motifs is 4. The Morgan fingerprint density at radius 3 is 2.34 bits per heavy atom. The van der Waals surface area contributed by atoms with Crippen LogP contribution in [0, 0.1) is 10.8 Å². The minimum Gasteiger partial charge on any atom is -0.478 e. The Hall–Kier alpha value is -2.84. The van der Waals surface area contributed by atoms with E-state index in [4.69, 9.17) is 27.9 Å². The van der Waals surface area contributed by atoms with Gasteiger partial charge in [0, 0.05) is 32.9 Å². The molecule has 44 heavy (non-hydrogen) atoms. The number of benzene rings is 3. The van der Waals surface area contributed by atoms with Crippen molar-refractivity contribution in [1.29, 1.82) is 0 Å². The number of rotatable bonds is 5. The van der Waals surface area contributed by atoms with Gasteiger partial charge in [0.05, 0.1) is 16.3 Å². The molecular weight excluding hydrogens is 619 g/mol. The molecule has 2 atom stereocenters. The van der Waals surface area contributed by atoms with Gasteiger partial charge in [0.25, 0.3) is 10.1 Å². The number of halogens is 2. The summed E-state index contributed by atoms with van der Waals surface area (Å²) in [6, 6.07) is 11.1. The maximum atomic E-state index is 12.7. The van der Waals surface area contributed by atoms with Crippen molar-refractivity contribution in [3.63, 3.8) is 0 Å². The summed E-state index contributed by atoms with van der Waals surface area (Å²) < 4.78 is 40.7. The Balaban J connectivity index is 1.76. The number of hydrogen-bond donors (Lipinski definition) is 2. The van der Waals surface area contributed by atoms with Crippen LogP contribution in [0.25, 0.3) is 11.6 Å². The van der Waals surface area contributed by atoms with E-state index in [1.165, 1.54) is 17.2 Å². The van der Waals surface area contributed by atoms with E-state index in [1.54, 1.807) is 6.07 Å². The minimum atomic E-state index is -4.28. The third kappa shape index (κ3) is 5.57. The third-order valence-electron chi connectivity index (χ3n) is 9.32. The predicted octanol–water partition coefficient (Wildman–Crippen LogP) is 7.69. The molecule has 0 aromatic heterocycles. The Morgan fingerprint density at radius 1 is 0.977 bits per heavy atom. The number of aromatic carboxylic acids is 1. The van der Waals surface area contributed by atoms with Gasteiger partial charge in [0.15, 0.2) is 0 Å². The van der Waals surface area contributed by atoms with Crippen LogP contribution < -0.4 is 15.2 Å². The van der Waals surface area contributed by atoms with Gasteiger partial charge >= 0.3 is 5.97 Å². The van der Waals surface area contributed by atoms with Crippen molar-refractivity contribution in [2.75, 3.05) is 5.75 Å². The molecule has 9 heteroatoms. The Bertz CT molecular complexity index is 1980. The second-order valence-corrected chi connectivity index (χ2v) is 16.3. The fourth-order valence-electron chi connectivity index (χ4n) is 7.72. The van der Waals surface area contributed by atoms with E-state index in [1.807, 2.05) is 26.0 Å². The lowest BCUT2D eigenvalue weighted by Crippen LogP contribution is -2.34. The summed E-state index contributed by atoms with van der Waals surface area (Å²) in [5.74, 6) is -0.691. The molecule has 2 N–H and O–H groups in total. The zero-order chi connectivity index (χ0) is 31.9. The highest BCUT2D eigenvalue weighted by Crippen LogP contribution is 2.49. The van der Waals surface area contributed by atoms with E-state index < -0.39 is 27.8 Å². The summed E-state index contributed by atoms with van der Waals surface area (Å²) in [4.78, 5) is 12.7. The summed E-state index contributed by atoms with van der Waals surface area (Å²) >= 11 is 13.4. The SMILES string of the molecule is CCC1CC(C)(C)Cc2cc3c(cc21)C(c1c(Cl)ccc(Cl)c1C(=O)O)=c1cc2c(cc1O3)=CC(C)(C)CC2CS(=O)(=O)O. The molecule has 1 heterocycles. The second kappa shape index (κ2) is 10.6. The van der Waals surface area contributed by atoms with Crippen LogP contribution in [0.1, 0.15) is 104 Å². The molecule has 6 nitrogen and oxygen atoms in total. The van der Waals surface area contributed by atoms with E-state index in [0.717, 1.165) is 30.0 Å². The van der Waals surface area contributed by atoms with E-state index >= 15 is 0 Å². The van der Waals surface area contributed by atoms with E-state index in [-0.39, 0.29) is 32.0 Å². The molecule has 2 unspecified atom stereocenters. The summed E-state index contributed by atoms with van der Waals surface area (Å²) in [6.45, 7) is 10.8. The van der Waals surface area contributed by atoms with Gasteiger partial charge in [-0.1, -0.05) is 63.9 Å². The fraction of sp³-hybridized carbons (Fsp3) is 0.400. The van der Waals surface area contributed by atoms with Gasteiger partial charge in [-0.25, -0.2) is 4.79 Å². The molecule has 0 fully saturated rings. The zero-order valence-electron chi connectivity index (χ0n) is 25.4. The van der Waals surface area contributed by atoms with Crippen LogP contribution in [0.15, 0.2) is 36.4 Å². The minimum absolute atomic E-state index is 0.0578. The zero-order valence-corrected chi connectivity index (χ0v) is 27.8. The molecule has 3 aromatic carbocycles. The fourth-order valence-corrected chi connectivity index (χ4v) is 9.01. The molecule has 3 aromatic rings. The average molecular weight is 656 g/mol. The van der Waals surface area contributed by atoms with Gasteiger partial charge in [0.1, 0.15) is 11.5 Å². The van der Waals surface area contributed by atoms with Crippen LogP contribution in [-0.2, 0) is 16.5 Å². The Kier molecular flexibility index (Phi) is 7.52. The van der Waals surface area contributed by atoms with Crippen molar-refractivity contribution in [1.82, 2.24) is 0 Å². The van der Waals surface area contributed by atoms with Crippen molar-refractivity contribution in [3.05, 3.63) is 90.3 Å². The number of ether oxygens (including phenoxy) is 1. The maximum Gasteiger partial charge on any atom is 0.337 e. The third-order valence-corrected chi connectivity index (χ3v) is 10.8. The molecule has 3 aliphatic rings. The molecule has 1 aliphatic heterocycles. The lowest BCUT2D eigenvalue weighted by atomic mass is 9.67. The van der Waals surface area contributed by atoms with Crippen LogP contribution in [-0.4, -0.2) is 29.8 Å². The summed E-state index contributed by atoms with van der Waals surface area (Å²) in [5.41, 5.74) is 4.42. The first kappa shape index (κ1) is 31.2. The van der Waals surface area contributed by atoms with Crippen molar-refractivity contribution in [2.45, 2.75) is 72.1 Å². The Labute approximate surface area is 268 Å². The van der Waals surface area contributed by atoms with Gasteiger partial charge in [-0.3, -0.25) is 4.55 Å². The van der Waals surface area contributed by atoms with Gasteiger partial charge < -0.3 is 9.84 Å². The molecule has 0 spiro atoms. The van der Waals surface area contributed by atoms with Gasteiger partial charge in [-0.15, -0.1) is 0 Å². The number of hydrogen-bond acceptors (Lipinski definition) is 4. The average Bonchev–Trinajstić information content (AvgIpc) is 2.88. The Morgan fingerprint density at radius 2 is 1.68 bits per heavy atom. The lowest BCUT2D eigenvalue weighted by Gasteiger charge is -2.38. The highest BCUT2D eigenvalue weighted by Gasteiger charge is 2.36. The molecule has 0 radical (unpaired) electrons. The highest BCUT2D eigenvalue weighted by atomic mass is 35.5. The monoisotopic (exact) mass is 654 g/mol. The van der Waals surface area contributed by atoms with Crippen LogP contribution in [0.2, 0.25) is 10.0 Å². The first-order chi connectivity index (χ1) is 20.5. The van der Waals surface area contributed by atoms with Crippen LogP contribution >= 0.6 is 23.2 Å². The molecular formula is C35H36Cl2O6S. The molecule has 0 amide bonds. The molecule has 6 rings (SSSR count). The number of carboxylic acid groups (broad SMARTS) is 1. The van der Waals surface area contributed by atoms with Crippen molar-refractivity contribution >= 4 is 50.9 Å². The summed E-state index contributed by atoms with van der Waals surface area (Å²) in [7, 11) is -4.28. The van der Waals surface area contributed by atoms with Crippen LogP contribution in [0.3, 0.4) is 0 Å². The van der Waals surface area contributed by atoms with Crippen LogP contribution in [0.5, 0.6) is 11.5 Å². The molecule has 0 saturated heterocycles. The highest BCUT2D eigenvalue weighted by molar-refractivity contribution is 7.85. The standard InChI is InChI=1S/C35H36Cl2O6S/c1-6-18-13-34(2,3)14-19-9-28-24(11-22(18)19)30(31-26(36)7-8-27(37)32(31)33(38)39)25-12-23-20(10-29(25)43-28)15-35(4,5)16-21(23)17-44(40,41)42/h7-12,15,18,21H,6,13-14,16-17H2,1-5H3,(H,38,39)(H,40,41,42). The summed E-state index contributed by atoms with van der Waals surface area (Å²) in [6.07, 6.45) is 5.47. The van der Waals surface area contributed by atoms with E-state index in [2.05, 4.69) is 39.0 Å². The molecule has 0 saturated carbocycles. The number of carboxylic acids is 1. The van der Waals surface area contributed by atoms with Crippen molar-refractivity contribution in [3.8, 4) is 11.5 Å². The van der Waals surface area contributed by atoms with Crippen LogP contribution in [0.4, 0.5) is 0 Å². The van der Waals surface area contributed by atoms with E-state index in [0.29, 0.717) is 40.2 Å². The first-order valence-electron chi connectivity index (χ1n) is 14.9. The first-order valence-corrected chi connectivity index (χ1v) is 17.3. The lowest BCUT2D eigenvalue weighted by molar-refractivity contribution is 0.0696. The maximum absolute atomic E-state index is 12.7. The largest absolute Gasteiger partial charge is 0.478 e. The van der Waals surface area contributed by atoms with Gasteiger partial charge in [-0.2, -0.15) is 8.42 Å². The van der Waals surface area contributed by atoms with Gasteiger partial charge in [-0.05, 0) is 101 Å². The number of carbonyl (C=O) groups is 1. The smallest absolute Gasteiger partial charge is 0.337 e. The van der Waals surface area contributed by atoms with Gasteiger partial charge in [0.2, 0.25) is 0 Å². The quantitative estimate of drug-likeness (QED) is 0.214. The van der Waals surface area contributed by atoms with E-state index in [9.17, 15) is 22.9 Å².